The maximum Gasteiger partial charge on any atom is 0.231 e. The van der Waals surface area contributed by atoms with Crippen LogP contribution in [0.4, 0.5) is 5.69 Å². The van der Waals surface area contributed by atoms with E-state index in [0.717, 1.165) is 33.2 Å². The lowest BCUT2D eigenvalue weighted by Gasteiger charge is -2.39. The zero-order valence-corrected chi connectivity index (χ0v) is 18.6. The van der Waals surface area contributed by atoms with Crippen molar-refractivity contribution in [3.05, 3.63) is 29.8 Å². The number of methoxy groups -OCH3 is 4. The predicted octanol–water partition coefficient (Wildman–Crippen LogP) is 3.75. The minimum absolute atomic E-state index is 0.118. The van der Waals surface area contributed by atoms with Crippen molar-refractivity contribution in [3.8, 4) is 45.6 Å². The van der Waals surface area contributed by atoms with Gasteiger partial charge in [-0.1, -0.05) is 0 Å². The number of anilines is 1. The van der Waals surface area contributed by atoms with Crippen molar-refractivity contribution in [1.82, 2.24) is 0 Å². The molecule has 0 amide bonds. The summed E-state index contributed by atoms with van der Waals surface area (Å²) in [5, 5.41) is 12.2. The van der Waals surface area contributed by atoms with Crippen LogP contribution in [-0.4, -0.2) is 54.0 Å². The van der Waals surface area contributed by atoms with Gasteiger partial charge in [-0.2, -0.15) is 0 Å². The van der Waals surface area contributed by atoms with Crippen molar-refractivity contribution in [3.63, 3.8) is 0 Å². The van der Waals surface area contributed by atoms with Gasteiger partial charge >= 0.3 is 0 Å². The molecule has 8 heteroatoms. The lowest BCUT2D eigenvalue weighted by Crippen LogP contribution is -2.31. The molecule has 32 heavy (non-hydrogen) atoms. The van der Waals surface area contributed by atoms with E-state index in [1.165, 1.54) is 0 Å². The van der Waals surface area contributed by atoms with Crippen LogP contribution in [0.5, 0.6) is 34.5 Å². The van der Waals surface area contributed by atoms with Crippen molar-refractivity contribution in [2.24, 2.45) is 0 Å². The van der Waals surface area contributed by atoms with Gasteiger partial charge in [0.05, 0.1) is 46.8 Å². The molecule has 0 aromatic heterocycles. The molecule has 2 heterocycles. The van der Waals surface area contributed by atoms with Gasteiger partial charge in [-0.25, -0.2) is 0 Å². The van der Waals surface area contributed by atoms with Gasteiger partial charge in [-0.05, 0) is 18.2 Å². The van der Waals surface area contributed by atoms with E-state index in [-0.39, 0.29) is 19.4 Å². The molecule has 0 spiro atoms. The molecule has 0 fully saturated rings. The van der Waals surface area contributed by atoms with Crippen LogP contribution in [0.3, 0.4) is 0 Å². The van der Waals surface area contributed by atoms with Crippen LogP contribution in [0.25, 0.3) is 21.9 Å². The summed E-state index contributed by atoms with van der Waals surface area (Å²) in [6, 6.07) is 7.28. The zero-order valence-electron chi connectivity index (χ0n) is 18.6. The first-order chi connectivity index (χ1) is 15.6. The third-order valence-corrected chi connectivity index (χ3v) is 6.27. The fourth-order valence-corrected chi connectivity index (χ4v) is 4.80. The average Bonchev–Trinajstić information content (AvgIpc) is 3.30. The quantitative estimate of drug-likeness (QED) is 0.644. The SMILES string of the molecule is COc1cc2c(OC)cc3c(c2cc1OC)N(C)[C@H](CO)c1c2c(cc(OC)c1-3)OCO2. The highest BCUT2D eigenvalue weighted by molar-refractivity contribution is 6.09. The Hall–Kier alpha value is -3.52. The summed E-state index contributed by atoms with van der Waals surface area (Å²) >= 11 is 0. The molecule has 1 atom stereocenters. The predicted molar refractivity (Wildman–Crippen MR) is 120 cm³/mol. The molecule has 8 nitrogen and oxygen atoms in total. The van der Waals surface area contributed by atoms with E-state index in [1.54, 1.807) is 28.4 Å². The fourth-order valence-electron chi connectivity index (χ4n) is 4.80. The Morgan fingerprint density at radius 1 is 0.875 bits per heavy atom. The maximum absolute atomic E-state index is 10.4. The Bertz CT molecular complexity index is 1220. The molecule has 2 aliphatic rings. The highest BCUT2D eigenvalue weighted by Gasteiger charge is 2.38. The summed E-state index contributed by atoms with van der Waals surface area (Å²) in [7, 11) is 8.42. The molecule has 0 saturated heterocycles. The first-order valence-electron chi connectivity index (χ1n) is 10.2. The van der Waals surface area contributed by atoms with E-state index in [1.807, 2.05) is 36.2 Å². The number of ether oxygens (including phenoxy) is 6. The van der Waals surface area contributed by atoms with Crippen LogP contribution in [-0.2, 0) is 0 Å². The minimum Gasteiger partial charge on any atom is -0.496 e. The summed E-state index contributed by atoms with van der Waals surface area (Å²) < 4.78 is 34.1. The smallest absolute Gasteiger partial charge is 0.231 e. The molecular weight excluding hydrogens is 414 g/mol. The second kappa shape index (κ2) is 7.56. The summed E-state index contributed by atoms with van der Waals surface area (Å²) in [4.78, 5) is 2.05. The number of likely N-dealkylation sites (N-methyl/N-ethyl adjacent to an activating group) is 1. The van der Waals surface area contributed by atoms with Gasteiger partial charge in [0.1, 0.15) is 11.5 Å². The lowest BCUT2D eigenvalue weighted by atomic mass is 9.84. The summed E-state index contributed by atoms with van der Waals surface area (Å²) in [5.41, 5.74) is 3.50. The Morgan fingerprint density at radius 3 is 2.16 bits per heavy atom. The largest absolute Gasteiger partial charge is 0.496 e. The fraction of sp³-hybridized carbons (Fsp3) is 0.333. The molecule has 1 N–H and O–H groups in total. The second-order valence-electron chi connectivity index (χ2n) is 7.64. The van der Waals surface area contributed by atoms with Gasteiger partial charge in [0.15, 0.2) is 23.0 Å². The molecule has 0 aliphatic carbocycles. The molecule has 3 aromatic carbocycles. The summed E-state index contributed by atoms with van der Waals surface area (Å²) in [6.07, 6.45) is 0. The van der Waals surface area contributed by atoms with Crippen molar-refractivity contribution >= 4 is 16.5 Å². The summed E-state index contributed by atoms with van der Waals surface area (Å²) in [5.74, 6) is 3.77. The Kier molecular flexibility index (Phi) is 4.82. The average molecular weight is 439 g/mol. The highest BCUT2D eigenvalue weighted by Crippen LogP contribution is 2.58. The maximum atomic E-state index is 10.4. The van der Waals surface area contributed by atoms with Crippen LogP contribution in [0.1, 0.15) is 11.6 Å². The molecule has 5 rings (SSSR count). The van der Waals surface area contributed by atoms with Crippen LogP contribution in [0.15, 0.2) is 24.3 Å². The number of aliphatic hydroxyl groups is 1. The standard InChI is InChI=1S/C24H25NO7/c1-25-15(10-26)22-21(19(30-5)9-20-24(22)32-11-31-20)14-8-16(27-2)12-6-17(28-3)18(29-4)7-13(12)23(14)25/h6-9,15,26H,10-11H2,1-5H3/t15-/m1/s1. The van der Waals surface area contributed by atoms with Gasteiger partial charge < -0.3 is 38.4 Å². The minimum atomic E-state index is -0.368. The monoisotopic (exact) mass is 439 g/mol. The van der Waals surface area contributed by atoms with E-state index in [0.29, 0.717) is 34.5 Å². The van der Waals surface area contributed by atoms with Gasteiger partial charge in [0, 0.05) is 40.6 Å². The topological polar surface area (TPSA) is 78.9 Å². The number of rotatable bonds is 5. The van der Waals surface area contributed by atoms with E-state index in [9.17, 15) is 5.11 Å². The summed E-state index contributed by atoms with van der Waals surface area (Å²) in [6.45, 7) is 0.00835. The molecule has 0 bridgehead atoms. The van der Waals surface area contributed by atoms with Crippen molar-refractivity contribution in [2.75, 3.05) is 53.8 Å². The van der Waals surface area contributed by atoms with Crippen LogP contribution in [0.2, 0.25) is 0 Å². The number of aliphatic hydroxyl groups excluding tert-OH is 1. The van der Waals surface area contributed by atoms with E-state index >= 15 is 0 Å². The lowest BCUT2D eigenvalue weighted by molar-refractivity contribution is 0.172. The van der Waals surface area contributed by atoms with Gasteiger partial charge in [-0.15, -0.1) is 0 Å². The normalized spacial score (nSPS) is 15.9. The molecule has 0 radical (unpaired) electrons. The Balaban J connectivity index is 1.94. The van der Waals surface area contributed by atoms with E-state index < -0.39 is 0 Å². The van der Waals surface area contributed by atoms with Crippen molar-refractivity contribution in [1.29, 1.82) is 0 Å². The molecule has 0 unspecified atom stereocenters. The molecular formula is C24H25NO7. The molecule has 168 valence electrons. The third-order valence-electron chi connectivity index (χ3n) is 6.27. The van der Waals surface area contributed by atoms with Crippen LogP contribution >= 0.6 is 0 Å². The first-order valence-corrected chi connectivity index (χ1v) is 10.2. The number of nitrogens with zero attached hydrogens (tertiary/aromatic N) is 1. The van der Waals surface area contributed by atoms with Crippen LogP contribution < -0.4 is 33.3 Å². The molecule has 2 aliphatic heterocycles. The second-order valence-corrected chi connectivity index (χ2v) is 7.64. The third kappa shape index (κ3) is 2.65. The highest BCUT2D eigenvalue weighted by atomic mass is 16.7. The van der Waals surface area contributed by atoms with Gasteiger partial charge in [0.2, 0.25) is 6.79 Å². The number of hydrogen-bond donors (Lipinski definition) is 1. The molecule has 0 saturated carbocycles. The van der Waals surface area contributed by atoms with E-state index in [2.05, 4.69) is 0 Å². The number of hydrogen-bond acceptors (Lipinski definition) is 8. The van der Waals surface area contributed by atoms with Gasteiger partial charge in [0.25, 0.3) is 0 Å². The van der Waals surface area contributed by atoms with E-state index in [4.69, 9.17) is 28.4 Å². The van der Waals surface area contributed by atoms with Crippen molar-refractivity contribution in [2.45, 2.75) is 6.04 Å². The Morgan fingerprint density at radius 2 is 1.53 bits per heavy atom. The first kappa shape index (κ1) is 20.4. The van der Waals surface area contributed by atoms with Crippen molar-refractivity contribution < 1.29 is 33.5 Å². The number of fused-ring (bicyclic) bond motifs is 7. The molecule has 3 aromatic rings. The zero-order chi connectivity index (χ0) is 22.6. The van der Waals surface area contributed by atoms with Gasteiger partial charge in [-0.3, -0.25) is 0 Å². The Labute approximate surface area is 185 Å². The number of benzene rings is 3. The van der Waals surface area contributed by atoms with Crippen LogP contribution in [0, 0.1) is 0 Å².